The highest BCUT2D eigenvalue weighted by molar-refractivity contribution is 7.21. The van der Waals surface area contributed by atoms with Crippen molar-refractivity contribution in [1.29, 1.82) is 0 Å². The summed E-state index contributed by atoms with van der Waals surface area (Å²) in [6.07, 6.45) is -4.41. The topological polar surface area (TPSA) is 95.1 Å². The van der Waals surface area contributed by atoms with Gasteiger partial charge in [0.25, 0.3) is 0 Å². The summed E-state index contributed by atoms with van der Waals surface area (Å²) in [7, 11) is 0. The molecule has 0 saturated carbocycles. The van der Waals surface area contributed by atoms with E-state index in [1.165, 1.54) is 35.6 Å². The standard InChI is InChI=1S/C20H14F3N3O3S/c1-10(27)7-15(20(21,22)23)11(2)25-26-12-3-5-14(17(29)8-12)19-24-16-6-4-13(28)9-18(16)30-19/h3-9,28-29H,2H2,1H3/b15-7+,26-25?. The fourth-order valence-corrected chi connectivity index (χ4v) is 3.53. The Kier molecular flexibility index (Phi) is 5.70. The molecule has 154 valence electrons. The second-order valence-electron chi connectivity index (χ2n) is 6.19. The molecule has 3 rings (SSSR count). The molecule has 1 heterocycles. The van der Waals surface area contributed by atoms with E-state index in [4.69, 9.17) is 0 Å². The zero-order valence-electron chi connectivity index (χ0n) is 15.4. The van der Waals surface area contributed by atoms with Gasteiger partial charge in [0.2, 0.25) is 0 Å². The van der Waals surface area contributed by atoms with Gasteiger partial charge >= 0.3 is 6.18 Å². The summed E-state index contributed by atoms with van der Waals surface area (Å²) in [5.74, 6) is -0.907. The van der Waals surface area contributed by atoms with Crippen LogP contribution in [0.25, 0.3) is 20.8 Å². The number of hydrogen-bond acceptors (Lipinski definition) is 7. The van der Waals surface area contributed by atoms with Crippen LogP contribution >= 0.6 is 11.3 Å². The van der Waals surface area contributed by atoms with Crippen LogP contribution in [0.5, 0.6) is 11.5 Å². The number of hydrogen-bond donors (Lipinski definition) is 2. The summed E-state index contributed by atoms with van der Waals surface area (Å²) in [4.78, 5) is 15.4. The Bertz CT molecular complexity index is 1210. The van der Waals surface area contributed by atoms with Crippen LogP contribution < -0.4 is 0 Å². The van der Waals surface area contributed by atoms with E-state index in [2.05, 4.69) is 21.8 Å². The lowest BCUT2D eigenvalue weighted by atomic mass is 10.1. The fourth-order valence-electron chi connectivity index (χ4n) is 2.50. The number of phenolic OH excluding ortho intramolecular Hbond substituents is 2. The molecule has 0 radical (unpaired) electrons. The first-order valence-corrected chi connectivity index (χ1v) is 9.19. The maximum atomic E-state index is 13.0. The Morgan fingerprint density at radius 1 is 1.20 bits per heavy atom. The number of nitrogens with zero attached hydrogens (tertiary/aromatic N) is 3. The number of allylic oxidation sites excluding steroid dienone is 2. The van der Waals surface area contributed by atoms with E-state index in [9.17, 15) is 28.2 Å². The quantitative estimate of drug-likeness (QED) is 0.291. The lowest BCUT2D eigenvalue weighted by Crippen LogP contribution is -2.14. The number of aromatic hydroxyl groups is 2. The van der Waals surface area contributed by atoms with Crippen LogP contribution in [0, 0.1) is 0 Å². The number of azo groups is 1. The van der Waals surface area contributed by atoms with Gasteiger partial charge in [-0.2, -0.15) is 23.4 Å². The van der Waals surface area contributed by atoms with Crippen molar-refractivity contribution in [2.75, 3.05) is 0 Å². The predicted octanol–water partition coefficient (Wildman–Crippen LogP) is 6.05. The third-order valence-corrected chi connectivity index (χ3v) is 4.89. The average Bonchev–Trinajstić information content (AvgIpc) is 3.06. The second-order valence-corrected chi connectivity index (χ2v) is 7.22. The molecular formula is C20H14F3N3O3S. The Morgan fingerprint density at radius 2 is 1.93 bits per heavy atom. The minimum Gasteiger partial charge on any atom is -0.508 e. The number of thiazole rings is 1. The van der Waals surface area contributed by atoms with Crippen molar-refractivity contribution in [2.45, 2.75) is 13.1 Å². The van der Waals surface area contributed by atoms with Crippen LogP contribution in [-0.2, 0) is 4.79 Å². The Hall–Kier alpha value is -3.53. The maximum Gasteiger partial charge on any atom is 0.418 e. The summed E-state index contributed by atoms with van der Waals surface area (Å²) < 4.78 is 39.8. The van der Waals surface area contributed by atoms with Crippen LogP contribution in [0.3, 0.4) is 0 Å². The highest BCUT2D eigenvalue weighted by Gasteiger charge is 2.36. The Morgan fingerprint density at radius 3 is 2.57 bits per heavy atom. The molecule has 6 nitrogen and oxygen atoms in total. The largest absolute Gasteiger partial charge is 0.508 e. The number of fused-ring (bicyclic) bond motifs is 1. The highest BCUT2D eigenvalue weighted by atomic mass is 32.1. The normalized spacial score (nSPS) is 12.6. The Labute approximate surface area is 172 Å². The molecule has 1 aromatic heterocycles. The van der Waals surface area contributed by atoms with Crippen molar-refractivity contribution in [1.82, 2.24) is 4.98 Å². The smallest absolute Gasteiger partial charge is 0.418 e. The van der Waals surface area contributed by atoms with Gasteiger partial charge in [-0.1, -0.05) is 6.58 Å². The van der Waals surface area contributed by atoms with Crippen LogP contribution in [-0.4, -0.2) is 27.2 Å². The van der Waals surface area contributed by atoms with E-state index in [0.29, 0.717) is 22.2 Å². The molecule has 0 atom stereocenters. The number of aromatic nitrogens is 1. The van der Waals surface area contributed by atoms with E-state index < -0.39 is 23.2 Å². The van der Waals surface area contributed by atoms with E-state index in [1.54, 1.807) is 12.1 Å². The van der Waals surface area contributed by atoms with Gasteiger partial charge in [-0.15, -0.1) is 11.3 Å². The van der Waals surface area contributed by atoms with Crippen molar-refractivity contribution in [3.05, 3.63) is 60.3 Å². The van der Waals surface area contributed by atoms with Crippen LogP contribution in [0.1, 0.15) is 6.92 Å². The molecule has 10 heteroatoms. The summed E-state index contributed by atoms with van der Waals surface area (Å²) >= 11 is 1.25. The van der Waals surface area contributed by atoms with Gasteiger partial charge in [0.05, 0.1) is 32.7 Å². The first-order chi connectivity index (χ1) is 14.0. The molecule has 0 aliphatic rings. The number of carbonyl (C=O) groups is 1. The summed E-state index contributed by atoms with van der Waals surface area (Å²) in [5.41, 5.74) is -0.907. The SMILES string of the molecule is C=C(N=Nc1ccc(-c2nc3ccc(O)cc3s2)c(O)c1)/C(=C\C(C)=O)C(F)(F)F. The Balaban J connectivity index is 1.87. The number of alkyl halides is 3. The zero-order chi connectivity index (χ0) is 22.1. The third-order valence-electron chi connectivity index (χ3n) is 3.83. The summed E-state index contributed by atoms with van der Waals surface area (Å²) in [6.45, 7) is 4.20. The molecule has 2 aromatic carbocycles. The molecule has 0 fully saturated rings. The van der Waals surface area contributed by atoms with Crippen LogP contribution in [0.2, 0.25) is 0 Å². The minimum absolute atomic E-state index is 0.0838. The molecule has 0 spiro atoms. The minimum atomic E-state index is -4.81. The number of rotatable bonds is 5. The molecule has 0 saturated heterocycles. The number of benzene rings is 2. The van der Waals surface area contributed by atoms with Crippen molar-refractivity contribution < 1.29 is 28.2 Å². The summed E-state index contributed by atoms with van der Waals surface area (Å²) in [5, 5.41) is 27.4. The molecule has 0 bridgehead atoms. The van der Waals surface area contributed by atoms with Crippen LogP contribution in [0.15, 0.2) is 70.6 Å². The molecule has 3 aromatic rings. The third kappa shape index (κ3) is 4.71. The number of ketones is 1. The predicted molar refractivity (Wildman–Crippen MR) is 107 cm³/mol. The van der Waals surface area contributed by atoms with Gasteiger partial charge in [-0.05, 0) is 43.3 Å². The molecule has 0 unspecified atom stereocenters. The number of phenols is 2. The van der Waals surface area contributed by atoms with E-state index >= 15 is 0 Å². The van der Waals surface area contributed by atoms with Gasteiger partial charge in [-0.25, -0.2) is 4.98 Å². The van der Waals surface area contributed by atoms with Gasteiger partial charge < -0.3 is 10.2 Å². The molecule has 0 aliphatic heterocycles. The lowest BCUT2D eigenvalue weighted by molar-refractivity contribution is -0.114. The molecule has 0 amide bonds. The number of carbonyl (C=O) groups excluding carboxylic acids is 1. The molecular weight excluding hydrogens is 419 g/mol. The van der Waals surface area contributed by atoms with Crippen molar-refractivity contribution in [3.8, 4) is 22.1 Å². The van der Waals surface area contributed by atoms with Crippen LogP contribution in [0.4, 0.5) is 18.9 Å². The van der Waals surface area contributed by atoms with Gasteiger partial charge in [0.15, 0.2) is 5.78 Å². The molecule has 0 aliphatic carbocycles. The van der Waals surface area contributed by atoms with Crippen molar-refractivity contribution >= 4 is 33.0 Å². The maximum absolute atomic E-state index is 13.0. The molecule has 2 N–H and O–H groups in total. The highest BCUT2D eigenvalue weighted by Crippen LogP contribution is 2.38. The van der Waals surface area contributed by atoms with Gasteiger partial charge in [0, 0.05) is 6.07 Å². The summed E-state index contributed by atoms with van der Waals surface area (Å²) in [6, 6.07) is 8.85. The van der Waals surface area contributed by atoms with Crippen molar-refractivity contribution in [3.63, 3.8) is 0 Å². The van der Waals surface area contributed by atoms with E-state index in [-0.39, 0.29) is 17.2 Å². The van der Waals surface area contributed by atoms with E-state index in [0.717, 1.165) is 11.6 Å². The molecule has 30 heavy (non-hydrogen) atoms. The average molecular weight is 433 g/mol. The van der Waals surface area contributed by atoms with Gasteiger partial charge in [0.1, 0.15) is 16.5 Å². The fraction of sp³-hybridized carbons (Fsp3) is 0.100. The second kappa shape index (κ2) is 8.07. The van der Waals surface area contributed by atoms with Gasteiger partial charge in [-0.3, -0.25) is 4.79 Å². The lowest BCUT2D eigenvalue weighted by Gasteiger charge is -2.09. The zero-order valence-corrected chi connectivity index (χ0v) is 16.3. The monoisotopic (exact) mass is 433 g/mol. The first-order valence-electron chi connectivity index (χ1n) is 8.38. The number of halogens is 3. The van der Waals surface area contributed by atoms with Crippen molar-refractivity contribution in [2.24, 2.45) is 10.2 Å². The first kappa shape index (κ1) is 21.2. The van der Waals surface area contributed by atoms with E-state index in [1.807, 2.05) is 0 Å².